The first-order valence-corrected chi connectivity index (χ1v) is 29.6. The zero-order valence-corrected chi connectivity index (χ0v) is 43.1. The van der Waals surface area contributed by atoms with Gasteiger partial charge >= 0.3 is 12.2 Å². The first kappa shape index (κ1) is 48.7. The lowest BCUT2D eigenvalue weighted by atomic mass is 9.91. The SMILES string of the molecule is CN(Cc1ccc2c(c1)nc1n2CCN(C2CCC2)CC1)C(=O)OCc1ccccc1.C[Si](C)(C)CI.O=C(NCc1ccc2c(c1)nc1n2CCN(C2CCC2)CC1)OCc1ccccc1. The predicted molar refractivity (Wildman–Crippen MR) is 279 cm³/mol. The van der Waals surface area contributed by atoms with Crippen molar-refractivity contribution in [3.05, 3.63) is 131 Å². The zero-order valence-electron chi connectivity index (χ0n) is 40.0. The van der Waals surface area contributed by atoms with Crippen molar-refractivity contribution in [2.24, 2.45) is 0 Å². The Morgan fingerprint density at radius 1 is 0.657 bits per heavy atom. The molecule has 2 saturated carbocycles. The predicted octanol–water partition coefficient (Wildman–Crippen LogP) is 10.4. The first-order chi connectivity index (χ1) is 32.5. The Labute approximate surface area is 411 Å². The van der Waals surface area contributed by atoms with Crippen LogP contribution >= 0.6 is 22.6 Å². The summed E-state index contributed by atoms with van der Waals surface area (Å²) in [6.07, 6.45) is 9.46. The van der Waals surface area contributed by atoms with Crippen LogP contribution in [0, 0.1) is 0 Å². The number of nitrogens with one attached hydrogen (secondary N) is 1. The van der Waals surface area contributed by atoms with Crippen LogP contribution in [0.25, 0.3) is 22.1 Å². The van der Waals surface area contributed by atoms with E-state index in [9.17, 15) is 9.59 Å². The van der Waals surface area contributed by atoms with Gasteiger partial charge in [-0.15, -0.1) is 0 Å². The molecule has 4 aliphatic rings. The minimum atomic E-state index is -0.645. The molecular weight excluding hydrogens is 968 g/mol. The highest BCUT2D eigenvalue weighted by Gasteiger charge is 2.29. The van der Waals surface area contributed by atoms with Crippen molar-refractivity contribution in [3.63, 3.8) is 0 Å². The van der Waals surface area contributed by atoms with Crippen molar-refractivity contribution in [1.29, 1.82) is 0 Å². The van der Waals surface area contributed by atoms with Crippen LogP contribution in [0.5, 0.6) is 0 Å². The van der Waals surface area contributed by atoms with Gasteiger partial charge in [0.1, 0.15) is 24.9 Å². The Morgan fingerprint density at radius 2 is 1.13 bits per heavy atom. The molecule has 4 heterocycles. The number of aromatic nitrogens is 4. The molecule has 0 bridgehead atoms. The smallest absolute Gasteiger partial charge is 0.410 e. The molecule has 14 heteroatoms. The standard InChI is InChI=1S/C25H30N4O2.C24H28N4O2.C4H11ISi/c1-27(25(30)31-18-19-6-3-2-4-7-19)17-20-10-11-23-22(16-20)26-24-12-13-28(14-15-29(23)24)21-8-5-9-21;29-24(30-17-18-5-2-1-3-6-18)25-16-19-9-10-22-21(15-19)26-23-11-12-27(13-14-28(22)23)20-7-4-8-20;1-6(2,3)4-5/h2-4,6-7,10-11,16,21H,5,8-9,12-15,17-18H2,1H3;1-3,5-6,9-10,15,20H,4,7-8,11-14,16-17H2,(H,25,29);4H2,1-3H3. The molecule has 0 radical (unpaired) electrons. The molecule has 0 saturated heterocycles. The monoisotopic (exact) mass is 1040 g/mol. The number of ether oxygens (including phenoxy) is 2. The molecule has 2 aliphatic heterocycles. The van der Waals surface area contributed by atoms with E-state index < -0.39 is 14.2 Å². The highest BCUT2D eigenvalue weighted by molar-refractivity contribution is 14.1. The van der Waals surface area contributed by atoms with Crippen molar-refractivity contribution in [2.75, 3.05) is 37.3 Å². The molecule has 0 spiro atoms. The van der Waals surface area contributed by atoms with Crippen LogP contribution in [0.3, 0.4) is 0 Å². The normalized spacial score (nSPS) is 16.7. The number of fused-ring (bicyclic) bond motifs is 6. The van der Waals surface area contributed by atoms with Gasteiger partial charge in [-0.1, -0.05) is 128 Å². The van der Waals surface area contributed by atoms with E-state index in [1.54, 1.807) is 11.9 Å². The molecule has 12 nitrogen and oxygen atoms in total. The van der Waals surface area contributed by atoms with E-state index in [2.05, 4.69) is 103 Å². The number of carbonyl (C=O) groups is 2. The molecule has 0 unspecified atom stereocenters. The maximum Gasteiger partial charge on any atom is 0.410 e. The fourth-order valence-electron chi connectivity index (χ4n) is 9.06. The Hall–Kier alpha value is -4.77. The third kappa shape index (κ3) is 13.3. The van der Waals surface area contributed by atoms with Gasteiger partial charge in [-0.2, -0.15) is 0 Å². The lowest BCUT2D eigenvalue weighted by Crippen LogP contribution is -2.41. The molecule has 2 aliphatic carbocycles. The average molecular weight is 1040 g/mol. The number of amides is 2. The first-order valence-electron chi connectivity index (χ1n) is 24.4. The quantitative estimate of drug-likeness (QED) is 0.0776. The molecule has 356 valence electrons. The van der Waals surface area contributed by atoms with E-state index in [-0.39, 0.29) is 19.3 Å². The Bertz CT molecular complexity index is 2550. The van der Waals surface area contributed by atoms with Gasteiger partial charge in [-0.05, 0) is 76.3 Å². The number of halogens is 1. The van der Waals surface area contributed by atoms with Crippen LogP contribution in [0.1, 0.15) is 72.4 Å². The summed E-state index contributed by atoms with van der Waals surface area (Å²) in [5, 5.41) is 2.83. The number of hydrogen-bond acceptors (Lipinski definition) is 8. The van der Waals surface area contributed by atoms with Crippen LogP contribution in [-0.4, -0.2) is 103 Å². The van der Waals surface area contributed by atoms with Crippen molar-refractivity contribution in [1.82, 2.24) is 39.1 Å². The average Bonchev–Trinajstić information content (AvgIpc) is 3.66. The summed E-state index contributed by atoms with van der Waals surface area (Å²) in [6.45, 7) is 15.1. The van der Waals surface area contributed by atoms with Crippen LogP contribution in [0.15, 0.2) is 97.1 Å². The number of hydrogen-bond donors (Lipinski definition) is 1. The van der Waals surface area contributed by atoms with Gasteiger partial charge in [0, 0.05) is 84.3 Å². The second-order valence-electron chi connectivity index (χ2n) is 19.8. The maximum absolute atomic E-state index is 12.4. The minimum absolute atomic E-state index is 0.275. The van der Waals surface area contributed by atoms with Gasteiger partial charge in [0.05, 0.1) is 30.1 Å². The number of carbonyl (C=O) groups excluding carboxylic acids is 2. The lowest BCUT2D eigenvalue weighted by molar-refractivity contribution is 0.103. The van der Waals surface area contributed by atoms with Crippen LogP contribution in [-0.2, 0) is 61.7 Å². The number of alkyl carbamates (subject to hydrolysis) is 1. The fourth-order valence-corrected chi connectivity index (χ4v) is 9.06. The van der Waals surface area contributed by atoms with Gasteiger partial charge in [-0.25, -0.2) is 19.6 Å². The summed E-state index contributed by atoms with van der Waals surface area (Å²) in [7, 11) is 1.13. The number of rotatable bonds is 11. The van der Waals surface area contributed by atoms with Crippen molar-refractivity contribution in [2.45, 2.75) is 122 Å². The molecule has 4 aromatic carbocycles. The molecule has 2 amide bonds. The summed E-state index contributed by atoms with van der Waals surface area (Å²) in [4.78, 5) is 41.1. The van der Waals surface area contributed by atoms with Gasteiger partial charge in [-0.3, -0.25) is 9.80 Å². The topological polar surface area (TPSA) is 110 Å². The van der Waals surface area contributed by atoms with Crippen LogP contribution in [0.2, 0.25) is 19.6 Å². The maximum atomic E-state index is 12.4. The van der Waals surface area contributed by atoms with Gasteiger partial charge in [0.15, 0.2) is 0 Å². The molecule has 10 rings (SSSR count). The molecule has 0 atom stereocenters. The van der Waals surface area contributed by atoms with Crippen molar-refractivity contribution < 1.29 is 19.1 Å². The Morgan fingerprint density at radius 3 is 1.61 bits per heavy atom. The summed E-state index contributed by atoms with van der Waals surface area (Å²) in [6, 6.07) is 33.7. The van der Waals surface area contributed by atoms with E-state index in [1.165, 1.54) is 65.3 Å². The second kappa shape index (κ2) is 23.0. The van der Waals surface area contributed by atoms with Crippen LogP contribution < -0.4 is 5.32 Å². The van der Waals surface area contributed by atoms with E-state index >= 15 is 0 Å². The summed E-state index contributed by atoms with van der Waals surface area (Å²) in [5.41, 5.74) is 8.49. The molecule has 1 N–H and O–H groups in total. The second-order valence-corrected chi connectivity index (χ2v) is 27.4. The third-order valence-electron chi connectivity index (χ3n) is 13.4. The van der Waals surface area contributed by atoms with Gasteiger partial charge in [0.2, 0.25) is 0 Å². The molecule has 2 aromatic heterocycles. The summed E-state index contributed by atoms with van der Waals surface area (Å²) in [5.74, 6) is 2.36. The molecule has 6 aromatic rings. The zero-order chi connectivity index (χ0) is 46.8. The van der Waals surface area contributed by atoms with Gasteiger partial charge < -0.3 is 28.8 Å². The fraction of sp³-hybridized carbons (Fsp3) is 0.472. The number of alkyl halides is 1. The third-order valence-corrected chi connectivity index (χ3v) is 21.1. The van der Waals surface area contributed by atoms with E-state index in [0.717, 1.165) is 97.5 Å². The summed E-state index contributed by atoms with van der Waals surface area (Å²) >= 11 is 2.46. The highest BCUT2D eigenvalue weighted by atomic mass is 127. The molecular formula is C53H69IN8O4Si. The van der Waals surface area contributed by atoms with Gasteiger partial charge in [0.25, 0.3) is 0 Å². The largest absolute Gasteiger partial charge is 0.445 e. The van der Waals surface area contributed by atoms with E-state index in [1.807, 2.05) is 60.7 Å². The van der Waals surface area contributed by atoms with E-state index in [4.69, 9.17) is 19.4 Å². The highest BCUT2D eigenvalue weighted by Crippen LogP contribution is 2.29. The van der Waals surface area contributed by atoms with E-state index in [0.29, 0.717) is 13.1 Å². The Kier molecular flexibility index (Phi) is 16.7. The Balaban J connectivity index is 0.000000162. The lowest BCUT2D eigenvalue weighted by Gasteiger charge is -2.36. The van der Waals surface area contributed by atoms with Crippen molar-refractivity contribution in [3.8, 4) is 0 Å². The minimum Gasteiger partial charge on any atom is -0.445 e. The summed E-state index contributed by atoms with van der Waals surface area (Å²) < 4.78 is 16.9. The molecule has 67 heavy (non-hydrogen) atoms. The van der Waals surface area contributed by atoms with Crippen molar-refractivity contribution >= 4 is 64.9 Å². The number of nitrogens with zero attached hydrogens (tertiary/aromatic N) is 7. The van der Waals surface area contributed by atoms with Crippen LogP contribution in [0.4, 0.5) is 9.59 Å². The molecule has 2 fully saturated rings. The number of imidazole rings is 2. The number of benzene rings is 4.